The van der Waals surface area contributed by atoms with Gasteiger partial charge in [0.2, 0.25) is 10.0 Å². The van der Waals surface area contributed by atoms with Crippen molar-refractivity contribution in [3.05, 3.63) is 78.4 Å². The molecule has 0 radical (unpaired) electrons. The monoisotopic (exact) mass is 434 g/mol. The lowest BCUT2D eigenvalue weighted by Gasteiger charge is -2.31. The fourth-order valence-electron chi connectivity index (χ4n) is 4.24. The number of para-hydroxylation sites is 2. The number of carbonyl (C=O) groups excluding carboxylic acids is 1. The lowest BCUT2D eigenvalue weighted by molar-refractivity contribution is -0.155. The normalized spacial score (nSPS) is 17.8. The number of cyclic esters (lactones) is 1. The molecule has 158 valence electrons. The van der Waals surface area contributed by atoms with Gasteiger partial charge >= 0.3 is 5.97 Å². The van der Waals surface area contributed by atoms with Gasteiger partial charge in [0.25, 0.3) is 0 Å². The third-order valence-corrected chi connectivity index (χ3v) is 7.56. The Morgan fingerprint density at radius 3 is 2.10 bits per heavy atom. The van der Waals surface area contributed by atoms with Crippen LogP contribution in [0.1, 0.15) is 5.56 Å². The standard InChI is InChI=1S/C24H22N2O4S/c1-17-10-12-19(13-11-17)31(28,29)25-14-18(30-24(27)16-25)15-26-22-8-4-2-6-20(22)21-7-3-5-9-23(21)26/h2-13,18H,14-16H2,1H3. The number of ether oxygens (including phenoxy) is 1. The van der Waals surface area contributed by atoms with Crippen LogP contribution in [0.25, 0.3) is 21.8 Å². The van der Waals surface area contributed by atoms with Crippen molar-refractivity contribution in [2.45, 2.75) is 24.5 Å². The minimum atomic E-state index is -3.79. The number of nitrogens with zero attached hydrogens (tertiary/aromatic N) is 2. The molecular formula is C24H22N2O4S. The first-order valence-corrected chi connectivity index (χ1v) is 11.6. The molecule has 4 aromatic rings. The van der Waals surface area contributed by atoms with Crippen molar-refractivity contribution in [1.82, 2.24) is 8.87 Å². The number of morpholine rings is 1. The first kappa shape index (κ1) is 19.8. The maximum Gasteiger partial charge on any atom is 0.321 e. The average molecular weight is 435 g/mol. The van der Waals surface area contributed by atoms with Gasteiger partial charge in [-0.05, 0) is 31.2 Å². The highest BCUT2D eigenvalue weighted by Crippen LogP contribution is 2.30. The molecule has 1 atom stereocenters. The number of rotatable bonds is 4. The van der Waals surface area contributed by atoms with Crippen LogP contribution in [0, 0.1) is 6.92 Å². The molecule has 1 saturated heterocycles. The van der Waals surface area contributed by atoms with Crippen LogP contribution in [0.5, 0.6) is 0 Å². The van der Waals surface area contributed by atoms with Gasteiger partial charge in [-0.25, -0.2) is 8.42 Å². The number of carbonyl (C=O) groups is 1. The van der Waals surface area contributed by atoms with Crippen molar-refractivity contribution >= 4 is 37.8 Å². The molecule has 1 aliphatic rings. The summed E-state index contributed by atoms with van der Waals surface area (Å²) in [7, 11) is -3.79. The average Bonchev–Trinajstić information content (AvgIpc) is 3.08. The van der Waals surface area contributed by atoms with E-state index in [9.17, 15) is 13.2 Å². The first-order valence-electron chi connectivity index (χ1n) is 10.2. The van der Waals surface area contributed by atoms with Crippen molar-refractivity contribution in [3.63, 3.8) is 0 Å². The van der Waals surface area contributed by atoms with E-state index in [1.54, 1.807) is 24.3 Å². The number of esters is 1. The van der Waals surface area contributed by atoms with Crippen LogP contribution in [-0.4, -0.2) is 42.5 Å². The van der Waals surface area contributed by atoms with E-state index in [4.69, 9.17) is 4.74 Å². The quantitative estimate of drug-likeness (QED) is 0.459. The lowest BCUT2D eigenvalue weighted by Crippen LogP contribution is -2.49. The fourth-order valence-corrected chi connectivity index (χ4v) is 5.65. The maximum absolute atomic E-state index is 13.1. The van der Waals surface area contributed by atoms with Crippen molar-refractivity contribution in [2.75, 3.05) is 13.1 Å². The van der Waals surface area contributed by atoms with E-state index in [1.807, 2.05) is 43.3 Å². The van der Waals surface area contributed by atoms with E-state index in [0.717, 1.165) is 27.4 Å². The number of sulfonamides is 1. The summed E-state index contributed by atoms with van der Waals surface area (Å²) < 4.78 is 35.2. The first-order chi connectivity index (χ1) is 14.9. The van der Waals surface area contributed by atoms with E-state index in [2.05, 4.69) is 16.7 Å². The summed E-state index contributed by atoms with van der Waals surface area (Å²) in [5.74, 6) is -0.535. The van der Waals surface area contributed by atoms with Gasteiger partial charge in [-0.3, -0.25) is 4.79 Å². The second-order valence-corrected chi connectivity index (χ2v) is 9.81. The Morgan fingerprint density at radius 1 is 0.903 bits per heavy atom. The number of aromatic nitrogens is 1. The van der Waals surface area contributed by atoms with Crippen LogP contribution in [0.3, 0.4) is 0 Å². The Hall–Kier alpha value is -3.16. The minimum Gasteiger partial charge on any atom is -0.458 e. The summed E-state index contributed by atoms with van der Waals surface area (Å²) >= 11 is 0. The smallest absolute Gasteiger partial charge is 0.321 e. The zero-order valence-corrected chi connectivity index (χ0v) is 17.9. The molecule has 31 heavy (non-hydrogen) atoms. The second kappa shape index (κ2) is 7.51. The SMILES string of the molecule is Cc1ccc(S(=O)(=O)N2CC(=O)OC(Cn3c4ccccc4c4ccccc43)C2)cc1. The van der Waals surface area contributed by atoms with Gasteiger partial charge in [0, 0.05) is 21.8 Å². The van der Waals surface area contributed by atoms with Gasteiger partial charge in [0.05, 0.1) is 18.0 Å². The Kier molecular flexibility index (Phi) is 4.79. The molecule has 2 heterocycles. The van der Waals surface area contributed by atoms with Crippen molar-refractivity contribution < 1.29 is 17.9 Å². The van der Waals surface area contributed by atoms with Crippen LogP contribution < -0.4 is 0 Å². The van der Waals surface area contributed by atoms with E-state index in [1.165, 1.54) is 4.31 Å². The highest BCUT2D eigenvalue weighted by atomic mass is 32.2. The zero-order chi connectivity index (χ0) is 21.6. The summed E-state index contributed by atoms with van der Waals surface area (Å²) in [5.41, 5.74) is 3.03. The van der Waals surface area contributed by atoms with Gasteiger partial charge in [-0.15, -0.1) is 0 Å². The van der Waals surface area contributed by atoms with E-state index < -0.39 is 22.1 Å². The third kappa shape index (κ3) is 3.49. The summed E-state index contributed by atoms with van der Waals surface area (Å²) in [6.07, 6.45) is -0.583. The number of hydrogen-bond acceptors (Lipinski definition) is 4. The van der Waals surface area contributed by atoms with Crippen molar-refractivity contribution in [3.8, 4) is 0 Å². The summed E-state index contributed by atoms with van der Waals surface area (Å²) in [6, 6.07) is 22.8. The Bertz CT molecular complexity index is 1340. The lowest BCUT2D eigenvalue weighted by atomic mass is 10.2. The second-order valence-electron chi connectivity index (χ2n) is 7.87. The van der Waals surface area contributed by atoms with Gasteiger partial charge in [0.1, 0.15) is 12.6 Å². The predicted octanol–water partition coefficient (Wildman–Crippen LogP) is 3.72. The number of hydrogen-bond donors (Lipinski definition) is 0. The van der Waals surface area contributed by atoms with Crippen molar-refractivity contribution in [1.29, 1.82) is 0 Å². The highest BCUT2D eigenvalue weighted by molar-refractivity contribution is 7.89. The van der Waals surface area contributed by atoms with E-state index in [-0.39, 0.29) is 18.0 Å². The molecule has 1 fully saturated rings. The minimum absolute atomic E-state index is 0.114. The van der Waals surface area contributed by atoms with Gasteiger partial charge in [-0.2, -0.15) is 4.31 Å². The number of benzene rings is 3. The molecule has 3 aromatic carbocycles. The largest absolute Gasteiger partial charge is 0.458 e. The van der Waals surface area contributed by atoms with Crippen LogP contribution in [-0.2, 0) is 26.1 Å². The molecule has 0 bridgehead atoms. The highest BCUT2D eigenvalue weighted by Gasteiger charge is 2.35. The van der Waals surface area contributed by atoms with E-state index in [0.29, 0.717) is 6.54 Å². The molecule has 6 nitrogen and oxygen atoms in total. The fraction of sp³-hybridized carbons (Fsp3) is 0.208. The Morgan fingerprint density at radius 2 is 1.48 bits per heavy atom. The van der Waals surface area contributed by atoms with Crippen molar-refractivity contribution in [2.24, 2.45) is 0 Å². The Balaban J connectivity index is 1.49. The molecule has 0 amide bonds. The molecule has 1 aromatic heterocycles. The van der Waals surface area contributed by atoms with Gasteiger partial charge in [-0.1, -0.05) is 54.1 Å². The molecule has 5 rings (SSSR count). The molecule has 0 aliphatic carbocycles. The predicted molar refractivity (Wildman–Crippen MR) is 119 cm³/mol. The Labute approximate surface area is 180 Å². The number of aryl methyl sites for hydroxylation is 1. The topological polar surface area (TPSA) is 68.6 Å². The molecule has 0 N–H and O–H groups in total. The zero-order valence-electron chi connectivity index (χ0n) is 17.1. The number of fused-ring (bicyclic) bond motifs is 3. The summed E-state index contributed by atoms with van der Waals surface area (Å²) in [6.45, 7) is 2.11. The molecule has 1 aliphatic heterocycles. The molecule has 0 spiro atoms. The van der Waals surface area contributed by atoms with Crippen LogP contribution in [0.2, 0.25) is 0 Å². The van der Waals surface area contributed by atoms with Gasteiger partial charge < -0.3 is 9.30 Å². The molecular weight excluding hydrogens is 412 g/mol. The summed E-state index contributed by atoms with van der Waals surface area (Å²) in [4.78, 5) is 12.5. The summed E-state index contributed by atoms with van der Waals surface area (Å²) in [5, 5.41) is 2.23. The third-order valence-electron chi connectivity index (χ3n) is 5.74. The van der Waals surface area contributed by atoms with Gasteiger partial charge in [0.15, 0.2) is 0 Å². The molecule has 1 unspecified atom stereocenters. The van der Waals surface area contributed by atoms with Crippen LogP contribution >= 0.6 is 0 Å². The molecule has 0 saturated carbocycles. The van der Waals surface area contributed by atoms with Crippen LogP contribution in [0.4, 0.5) is 0 Å². The van der Waals surface area contributed by atoms with Crippen LogP contribution in [0.15, 0.2) is 77.7 Å². The maximum atomic E-state index is 13.1. The molecule has 7 heteroatoms. The van der Waals surface area contributed by atoms with E-state index >= 15 is 0 Å².